The van der Waals surface area contributed by atoms with Crippen LogP contribution in [-0.4, -0.2) is 61.6 Å². The normalized spacial score (nSPS) is 21.9. The fourth-order valence-electron chi connectivity index (χ4n) is 2.26. The second-order valence-electron chi connectivity index (χ2n) is 6.73. The Hall–Kier alpha value is -2.78. The summed E-state index contributed by atoms with van der Waals surface area (Å²) >= 11 is 0. The van der Waals surface area contributed by atoms with E-state index in [0.717, 1.165) is 27.2 Å². The lowest BCUT2D eigenvalue weighted by Gasteiger charge is -2.35. The lowest BCUT2D eigenvalue weighted by atomic mass is 9.98. The molecule has 1 amide bonds. The zero-order valence-corrected chi connectivity index (χ0v) is 16.2. The third-order valence-electron chi connectivity index (χ3n) is 3.20. The average Bonchev–Trinajstić information content (AvgIpc) is 2.51. The van der Waals surface area contributed by atoms with Crippen molar-refractivity contribution in [3.05, 3.63) is 11.8 Å². The van der Waals surface area contributed by atoms with Crippen LogP contribution in [0.3, 0.4) is 0 Å². The van der Waals surface area contributed by atoms with Gasteiger partial charge in [0.1, 0.15) is 11.2 Å². The number of rotatable bonds is 5. The first-order valence-electron chi connectivity index (χ1n) is 8.19. The number of ether oxygens (including phenoxy) is 5. The van der Waals surface area contributed by atoms with Crippen molar-refractivity contribution in [1.82, 2.24) is 5.32 Å². The molecule has 10 heteroatoms. The van der Waals surface area contributed by atoms with Gasteiger partial charge in [0.25, 0.3) is 0 Å². The molecule has 27 heavy (non-hydrogen) atoms. The number of alkyl carbamates (subject to hydrolysis) is 1. The standard InChI is InChI=1S/C17H25NO9/c1-9(19)25-13-11(15(21)23-6)8-24-12(14(13)26-10(2)20)7-18-16(22)27-17(3,4)5/h8,12-14H,7H2,1-6H3,(H,18,22)/t12-,13-,14+/m1/s1. The van der Waals surface area contributed by atoms with E-state index in [2.05, 4.69) is 10.1 Å². The molecular formula is C17H25NO9. The minimum Gasteiger partial charge on any atom is -0.491 e. The lowest BCUT2D eigenvalue weighted by molar-refractivity contribution is -0.176. The molecule has 0 aliphatic carbocycles. The fourth-order valence-corrected chi connectivity index (χ4v) is 2.26. The van der Waals surface area contributed by atoms with Gasteiger partial charge < -0.3 is 29.0 Å². The zero-order valence-electron chi connectivity index (χ0n) is 16.2. The molecule has 1 aliphatic heterocycles. The Morgan fingerprint density at radius 2 is 1.70 bits per heavy atom. The molecule has 0 fully saturated rings. The molecule has 1 heterocycles. The van der Waals surface area contributed by atoms with Gasteiger partial charge in [-0.3, -0.25) is 9.59 Å². The monoisotopic (exact) mass is 387 g/mol. The third-order valence-corrected chi connectivity index (χ3v) is 3.20. The van der Waals surface area contributed by atoms with E-state index < -0.39 is 47.9 Å². The van der Waals surface area contributed by atoms with Crippen molar-refractivity contribution >= 4 is 24.0 Å². The molecule has 0 aromatic carbocycles. The molecule has 0 saturated heterocycles. The molecule has 1 N–H and O–H groups in total. The van der Waals surface area contributed by atoms with Gasteiger partial charge in [0.05, 0.1) is 19.9 Å². The third kappa shape index (κ3) is 7.16. The highest BCUT2D eigenvalue weighted by molar-refractivity contribution is 5.90. The van der Waals surface area contributed by atoms with Crippen LogP contribution >= 0.6 is 0 Å². The molecule has 0 unspecified atom stereocenters. The highest BCUT2D eigenvalue weighted by Gasteiger charge is 2.44. The van der Waals surface area contributed by atoms with Gasteiger partial charge >= 0.3 is 24.0 Å². The maximum atomic E-state index is 11.9. The molecular weight excluding hydrogens is 362 g/mol. The molecule has 0 spiro atoms. The number of carbonyl (C=O) groups excluding carboxylic acids is 4. The molecule has 0 radical (unpaired) electrons. The Morgan fingerprint density at radius 1 is 1.11 bits per heavy atom. The first-order chi connectivity index (χ1) is 12.4. The molecule has 1 rings (SSSR count). The van der Waals surface area contributed by atoms with Gasteiger partial charge in [0, 0.05) is 13.8 Å². The maximum absolute atomic E-state index is 11.9. The lowest BCUT2D eigenvalue weighted by Crippen LogP contribution is -2.53. The van der Waals surface area contributed by atoms with Gasteiger partial charge in [-0.15, -0.1) is 0 Å². The van der Waals surface area contributed by atoms with Crippen molar-refractivity contribution < 1.29 is 42.9 Å². The van der Waals surface area contributed by atoms with Gasteiger partial charge in [0.2, 0.25) is 0 Å². The molecule has 0 saturated carbocycles. The number of methoxy groups -OCH3 is 1. The minimum absolute atomic E-state index is 0.129. The second kappa shape index (κ2) is 9.24. The van der Waals surface area contributed by atoms with Crippen molar-refractivity contribution in [3.8, 4) is 0 Å². The number of hydrogen-bond acceptors (Lipinski definition) is 9. The summed E-state index contributed by atoms with van der Waals surface area (Å²) in [6.07, 6.45) is -3.02. The van der Waals surface area contributed by atoms with Crippen LogP contribution in [0.25, 0.3) is 0 Å². The topological polar surface area (TPSA) is 126 Å². The van der Waals surface area contributed by atoms with E-state index in [-0.39, 0.29) is 12.1 Å². The first-order valence-corrected chi connectivity index (χ1v) is 8.19. The van der Waals surface area contributed by atoms with Crippen molar-refractivity contribution in [2.24, 2.45) is 0 Å². The van der Waals surface area contributed by atoms with Crippen molar-refractivity contribution in [2.75, 3.05) is 13.7 Å². The Balaban J connectivity index is 3.02. The van der Waals surface area contributed by atoms with Crippen LogP contribution in [0.1, 0.15) is 34.6 Å². The Kier molecular flexibility index (Phi) is 7.62. The van der Waals surface area contributed by atoms with E-state index in [1.807, 2.05) is 0 Å². The van der Waals surface area contributed by atoms with Crippen LogP contribution in [0.4, 0.5) is 4.79 Å². The molecule has 152 valence electrons. The quantitative estimate of drug-likeness (QED) is 0.539. The van der Waals surface area contributed by atoms with E-state index in [1.54, 1.807) is 20.8 Å². The van der Waals surface area contributed by atoms with Gasteiger partial charge in [-0.2, -0.15) is 0 Å². The summed E-state index contributed by atoms with van der Waals surface area (Å²) in [4.78, 5) is 46.7. The van der Waals surface area contributed by atoms with Crippen molar-refractivity contribution in [3.63, 3.8) is 0 Å². The molecule has 3 atom stereocenters. The number of hydrogen-bond donors (Lipinski definition) is 1. The summed E-state index contributed by atoms with van der Waals surface area (Å²) in [5.74, 6) is -2.20. The molecule has 0 bridgehead atoms. The number of carbonyl (C=O) groups is 4. The van der Waals surface area contributed by atoms with Gasteiger partial charge in [-0.05, 0) is 20.8 Å². The summed E-state index contributed by atoms with van der Waals surface area (Å²) in [7, 11) is 1.14. The van der Waals surface area contributed by atoms with Crippen LogP contribution in [0, 0.1) is 0 Å². The fraction of sp³-hybridized carbons (Fsp3) is 0.647. The highest BCUT2D eigenvalue weighted by Crippen LogP contribution is 2.26. The summed E-state index contributed by atoms with van der Waals surface area (Å²) in [6, 6.07) is 0. The zero-order chi connectivity index (χ0) is 20.8. The van der Waals surface area contributed by atoms with Crippen LogP contribution < -0.4 is 5.32 Å². The molecule has 10 nitrogen and oxygen atoms in total. The average molecular weight is 387 g/mol. The SMILES string of the molecule is COC(=O)C1=CO[C@H](CNC(=O)OC(C)(C)C)[C@H](OC(C)=O)[C@@H]1OC(C)=O. The number of nitrogens with one attached hydrogen (secondary N) is 1. The van der Waals surface area contributed by atoms with Gasteiger partial charge in [-0.1, -0.05) is 0 Å². The number of amides is 1. The Morgan fingerprint density at radius 3 is 2.19 bits per heavy atom. The van der Waals surface area contributed by atoms with Crippen LogP contribution in [0.2, 0.25) is 0 Å². The smallest absolute Gasteiger partial charge is 0.407 e. The van der Waals surface area contributed by atoms with Crippen molar-refractivity contribution in [2.45, 2.75) is 58.5 Å². The first kappa shape index (κ1) is 22.3. The Bertz CT molecular complexity index is 620. The van der Waals surface area contributed by atoms with E-state index in [9.17, 15) is 19.2 Å². The summed E-state index contributed by atoms with van der Waals surface area (Å²) in [6.45, 7) is 7.27. The molecule has 0 aromatic heterocycles. The maximum Gasteiger partial charge on any atom is 0.407 e. The summed E-state index contributed by atoms with van der Waals surface area (Å²) < 4.78 is 25.5. The van der Waals surface area contributed by atoms with E-state index in [1.165, 1.54) is 0 Å². The van der Waals surface area contributed by atoms with Crippen molar-refractivity contribution in [1.29, 1.82) is 0 Å². The molecule has 0 aromatic rings. The van der Waals surface area contributed by atoms with Gasteiger partial charge in [0.15, 0.2) is 18.3 Å². The van der Waals surface area contributed by atoms with E-state index in [4.69, 9.17) is 18.9 Å². The minimum atomic E-state index is -1.25. The summed E-state index contributed by atoms with van der Waals surface area (Å²) in [5, 5.41) is 2.48. The Labute approximate surface area is 157 Å². The largest absolute Gasteiger partial charge is 0.491 e. The predicted octanol–water partition coefficient (Wildman–Crippen LogP) is 0.830. The predicted molar refractivity (Wildman–Crippen MR) is 90.3 cm³/mol. The number of esters is 3. The van der Waals surface area contributed by atoms with E-state index in [0.29, 0.717) is 0 Å². The van der Waals surface area contributed by atoms with E-state index >= 15 is 0 Å². The van der Waals surface area contributed by atoms with Gasteiger partial charge in [-0.25, -0.2) is 9.59 Å². The highest BCUT2D eigenvalue weighted by atomic mass is 16.6. The summed E-state index contributed by atoms with van der Waals surface area (Å²) in [5.41, 5.74) is -0.835. The molecule has 1 aliphatic rings. The van der Waals surface area contributed by atoms with Crippen LogP contribution in [-0.2, 0) is 38.1 Å². The van der Waals surface area contributed by atoms with Crippen LogP contribution in [0.15, 0.2) is 11.8 Å². The van der Waals surface area contributed by atoms with Crippen LogP contribution in [0.5, 0.6) is 0 Å². The second-order valence-corrected chi connectivity index (χ2v) is 6.73.